The lowest BCUT2D eigenvalue weighted by molar-refractivity contribution is -0.129. The number of hydrogen-bond acceptors (Lipinski definition) is 4. The van der Waals surface area contributed by atoms with E-state index in [1.54, 1.807) is 24.3 Å². The minimum atomic E-state index is -0.821. The van der Waals surface area contributed by atoms with Crippen molar-refractivity contribution >= 4 is 11.8 Å². The van der Waals surface area contributed by atoms with E-state index in [-0.39, 0.29) is 6.54 Å². The molecule has 0 saturated carbocycles. The Morgan fingerprint density at radius 2 is 2.17 bits per heavy atom. The van der Waals surface area contributed by atoms with Crippen molar-refractivity contribution in [3.8, 4) is 11.8 Å². The highest BCUT2D eigenvalue weighted by atomic mass is 16.5. The van der Waals surface area contributed by atoms with E-state index in [4.69, 9.17) is 15.7 Å². The van der Waals surface area contributed by atoms with Crippen LogP contribution in [0.5, 0.6) is 5.75 Å². The number of ether oxygens (including phenoxy) is 1. The zero-order valence-electron chi connectivity index (χ0n) is 9.84. The predicted molar refractivity (Wildman–Crippen MR) is 63.5 cm³/mol. The molecule has 0 bridgehead atoms. The molecule has 18 heavy (non-hydrogen) atoms. The second-order valence-corrected chi connectivity index (χ2v) is 3.55. The van der Waals surface area contributed by atoms with Crippen LogP contribution in [0, 0.1) is 11.3 Å². The summed E-state index contributed by atoms with van der Waals surface area (Å²) in [5, 5.41) is 11.2. The Bertz CT molecular complexity index is 494. The first-order valence-corrected chi connectivity index (χ1v) is 5.26. The van der Waals surface area contributed by atoms with Gasteiger partial charge in [0.15, 0.2) is 6.10 Å². The third-order valence-corrected chi connectivity index (χ3v) is 2.12. The molecule has 1 rings (SSSR count). The highest BCUT2D eigenvalue weighted by Crippen LogP contribution is 2.17. The molecule has 94 valence electrons. The van der Waals surface area contributed by atoms with E-state index in [1.165, 1.54) is 6.92 Å². The van der Waals surface area contributed by atoms with E-state index in [0.29, 0.717) is 11.3 Å². The largest absolute Gasteiger partial charge is 0.480 e. The molecule has 0 aromatic heterocycles. The maximum atomic E-state index is 11.5. The zero-order chi connectivity index (χ0) is 13.5. The van der Waals surface area contributed by atoms with Gasteiger partial charge in [-0.2, -0.15) is 5.26 Å². The van der Waals surface area contributed by atoms with Crippen LogP contribution in [0.2, 0.25) is 0 Å². The van der Waals surface area contributed by atoms with Crippen molar-refractivity contribution in [2.24, 2.45) is 5.73 Å². The second kappa shape index (κ2) is 6.25. The monoisotopic (exact) mass is 247 g/mol. The SMILES string of the molecule is CC(Oc1ccccc1C#N)C(=O)NCC(N)=O. The maximum Gasteiger partial charge on any atom is 0.261 e. The molecular weight excluding hydrogens is 234 g/mol. The lowest BCUT2D eigenvalue weighted by Crippen LogP contribution is -2.40. The molecular formula is C12H13N3O3. The Morgan fingerprint density at radius 3 is 2.78 bits per heavy atom. The summed E-state index contributed by atoms with van der Waals surface area (Å²) < 4.78 is 5.34. The second-order valence-electron chi connectivity index (χ2n) is 3.55. The number of benzene rings is 1. The number of rotatable bonds is 5. The van der Waals surface area contributed by atoms with Crippen LogP contribution in [0.1, 0.15) is 12.5 Å². The summed E-state index contributed by atoms with van der Waals surface area (Å²) >= 11 is 0. The fraction of sp³-hybridized carbons (Fsp3) is 0.250. The Morgan fingerprint density at radius 1 is 1.50 bits per heavy atom. The van der Waals surface area contributed by atoms with Gasteiger partial charge in [-0.1, -0.05) is 12.1 Å². The van der Waals surface area contributed by atoms with Gasteiger partial charge in [0.2, 0.25) is 5.91 Å². The highest BCUT2D eigenvalue weighted by molar-refractivity contribution is 5.86. The van der Waals surface area contributed by atoms with Gasteiger partial charge in [-0.3, -0.25) is 9.59 Å². The Labute approximate surface area is 104 Å². The van der Waals surface area contributed by atoms with Crippen LogP contribution in [-0.4, -0.2) is 24.5 Å². The van der Waals surface area contributed by atoms with E-state index in [1.807, 2.05) is 6.07 Å². The summed E-state index contributed by atoms with van der Waals surface area (Å²) in [7, 11) is 0. The fourth-order valence-electron chi connectivity index (χ4n) is 1.22. The van der Waals surface area contributed by atoms with Crippen molar-refractivity contribution in [2.75, 3.05) is 6.54 Å². The number of nitrogens with two attached hydrogens (primary N) is 1. The molecule has 0 radical (unpaired) electrons. The number of amides is 2. The Hall–Kier alpha value is -2.55. The van der Waals surface area contributed by atoms with Crippen LogP contribution in [0.15, 0.2) is 24.3 Å². The normalized spacial score (nSPS) is 11.1. The maximum absolute atomic E-state index is 11.5. The third-order valence-electron chi connectivity index (χ3n) is 2.12. The lowest BCUT2D eigenvalue weighted by Gasteiger charge is -2.14. The van der Waals surface area contributed by atoms with Crippen LogP contribution in [-0.2, 0) is 9.59 Å². The molecule has 0 aliphatic carbocycles. The van der Waals surface area contributed by atoms with Crippen LogP contribution < -0.4 is 15.8 Å². The lowest BCUT2D eigenvalue weighted by atomic mass is 10.2. The van der Waals surface area contributed by atoms with Gasteiger partial charge in [-0.15, -0.1) is 0 Å². The van der Waals surface area contributed by atoms with Crippen molar-refractivity contribution in [1.82, 2.24) is 5.32 Å². The van der Waals surface area contributed by atoms with Crippen LogP contribution in [0.4, 0.5) is 0 Å². The van der Waals surface area contributed by atoms with Crippen molar-refractivity contribution < 1.29 is 14.3 Å². The van der Waals surface area contributed by atoms with Crippen molar-refractivity contribution in [2.45, 2.75) is 13.0 Å². The first-order chi connectivity index (χ1) is 8.54. The fourth-order valence-corrected chi connectivity index (χ4v) is 1.22. The van der Waals surface area contributed by atoms with Gasteiger partial charge in [-0.25, -0.2) is 0 Å². The number of nitrogens with one attached hydrogen (secondary N) is 1. The average molecular weight is 247 g/mol. The minimum Gasteiger partial charge on any atom is -0.480 e. The van der Waals surface area contributed by atoms with Gasteiger partial charge in [0, 0.05) is 0 Å². The van der Waals surface area contributed by atoms with Crippen LogP contribution in [0.3, 0.4) is 0 Å². The van der Waals surface area contributed by atoms with Gasteiger partial charge >= 0.3 is 0 Å². The van der Waals surface area contributed by atoms with Gasteiger partial charge in [0.25, 0.3) is 5.91 Å². The zero-order valence-corrected chi connectivity index (χ0v) is 9.84. The van der Waals surface area contributed by atoms with Crippen molar-refractivity contribution in [3.63, 3.8) is 0 Å². The molecule has 6 heteroatoms. The highest BCUT2D eigenvalue weighted by Gasteiger charge is 2.16. The molecule has 0 heterocycles. The molecule has 0 saturated heterocycles. The number of para-hydroxylation sites is 1. The number of carbonyl (C=O) groups excluding carboxylic acids is 2. The molecule has 3 N–H and O–H groups in total. The molecule has 0 aliphatic heterocycles. The molecule has 1 aromatic carbocycles. The van der Waals surface area contributed by atoms with E-state index in [0.717, 1.165) is 0 Å². The standard InChI is InChI=1S/C12H13N3O3/c1-8(12(17)15-7-11(14)16)18-10-5-3-2-4-9(10)6-13/h2-5,8H,7H2,1H3,(H2,14,16)(H,15,17). The van der Waals surface area contributed by atoms with E-state index in [9.17, 15) is 9.59 Å². The Kier molecular flexibility index (Phi) is 4.69. The first-order valence-electron chi connectivity index (χ1n) is 5.26. The minimum absolute atomic E-state index is 0.244. The number of nitriles is 1. The van der Waals surface area contributed by atoms with E-state index < -0.39 is 17.9 Å². The van der Waals surface area contributed by atoms with Gasteiger partial charge in [-0.05, 0) is 19.1 Å². The summed E-state index contributed by atoms with van der Waals surface area (Å²) in [5.41, 5.74) is 5.24. The summed E-state index contributed by atoms with van der Waals surface area (Å²) in [6.07, 6.45) is -0.821. The predicted octanol–water partition coefficient (Wildman–Crippen LogP) is -0.0729. The first kappa shape index (κ1) is 13.5. The molecule has 1 unspecified atom stereocenters. The van der Waals surface area contributed by atoms with Gasteiger partial charge in [0.1, 0.15) is 11.8 Å². The Balaban J connectivity index is 2.64. The molecule has 6 nitrogen and oxygen atoms in total. The topological polar surface area (TPSA) is 105 Å². The smallest absolute Gasteiger partial charge is 0.261 e. The molecule has 1 atom stereocenters. The van der Waals surface area contributed by atoms with E-state index >= 15 is 0 Å². The molecule has 1 aromatic rings. The molecule has 2 amide bonds. The molecule has 0 fully saturated rings. The van der Waals surface area contributed by atoms with Crippen LogP contribution >= 0.6 is 0 Å². The third kappa shape index (κ3) is 3.79. The van der Waals surface area contributed by atoms with Crippen LogP contribution in [0.25, 0.3) is 0 Å². The summed E-state index contributed by atoms with van der Waals surface area (Å²) in [6, 6.07) is 8.54. The van der Waals surface area contributed by atoms with Crippen molar-refractivity contribution in [3.05, 3.63) is 29.8 Å². The summed E-state index contributed by atoms with van der Waals surface area (Å²) in [4.78, 5) is 22.0. The number of carbonyl (C=O) groups is 2. The number of nitrogens with zero attached hydrogens (tertiary/aromatic N) is 1. The molecule has 0 aliphatic rings. The van der Waals surface area contributed by atoms with Gasteiger partial charge < -0.3 is 15.8 Å². The number of hydrogen-bond donors (Lipinski definition) is 2. The quantitative estimate of drug-likeness (QED) is 0.759. The van der Waals surface area contributed by atoms with E-state index in [2.05, 4.69) is 5.32 Å². The average Bonchev–Trinajstić information content (AvgIpc) is 2.36. The number of primary amides is 1. The summed E-state index contributed by atoms with van der Waals surface area (Å²) in [5.74, 6) is -0.781. The van der Waals surface area contributed by atoms with Gasteiger partial charge in [0.05, 0.1) is 12.1 Å². The molecule has 0 spiro atoms. The van der Waals surface area contributed by atoms with Crippen molar-refractivity contribution in [1.29, 1.82) is 5.26 Å². The summed E-state index contributed by atoms with van der Waals surface area (Å²) in [6.45, 7) is 1.27.